The van der Waals surface area contributed by atoms with Gasteiger partial charge in [0.05, 0.1) is 16.1 Å². The van der Waals surface area contributed by atoms with Crippen molar-refractivity contribution in [2.45, 2.75) is 11.8 Å². The summed E-state index contributed by atoms with van der Waals surface area (Å²) in [6.45, 7) is 1.96. The number of hydrogen-bond acceptors (Lipinski definition) is 3. The van der Waals surface area contributed by atoms with Crippen molar-refractivity contribution < 1.29 is 18.3 Å². The minimum Gasteiger partial charge on any atom is -0.478 e. The molecule has 2 aromatic carbocycles. The number of carboxylic acids is 1. The Balaban J connectivity index is 2.54. The molecule has 0 aromatic heterocycles. The van der Waals surface area contributed by atoms with Crippen LogP contribution >= 0.6 is 15.9 Å². The topological polar surface area (TPSA) is 74.7 Å². The van der Waals surface area contributed by atoms with Gasteiger partial charge in [0.25, 0.3) is 10.0 Å². The average Bonchev–Trinajstić information content (AvgIpc) is 2.48. The van der Waals surface area contributed by atoms with E-state index in [1.807, 2.05) is 0 Å². The molecule has 0 aliphatic heterocycles. The van der Waals surface area contributed by atoms with Crippen LogP contribution in [0.1, 0.15) is 17.3 Å². The molecule has 0 unspecified atom stereocenters. The third-order valence-corrected chi connectivity index (χ3v) is 5.68. The lowest BCUT2D eigenvalue weighted by Crippen LogP contribution is -2.30. The van der Waals surface area contributed by atoms with Crippen molar-refractivity contribution in [3.63, 3.8) is 0 Å². The summed E-state index contributed by atoms with van der Waals surface area (Å²) in [4.78, 5) is 11.1. The van der Waals surface area contributed by atoms with Gasteiger partial charge in [-0.3, -0.25) is 4.31 Å². The van der Waals surface area contributed by atoms with Gasteiger partial charge in [-0.2, -0.15) is 0 Å². The highest BCUT2D eigenvalue weighted by Crippen LogP contribution is 2.26. The van der Waals surface area contributed by atoms with Gasteiger partial charge in [-0.1, -0.05) is 18.2 Å². The Bertz CT molecular complexity index is 790. The van der Waals surface area contributed by atoms with Crippen molar-refractivity contribution in [1.29, 1.82) is 0 Å². The first kappa shape index (κ1) is 16.5. The third kappa shape index (κ3) is 3.15. The quantitative estimate of drug-likeness (QED) is 0.858. The third-order valence-electron chi connectivity index (χ3n) is 3.09. The number of anilines is 1. The molecule has 0 aliphatic carbocycles. The van der Waals surface area contributed by atoms with Crippen LogP contribution in [0.5, 0.6) is 0 Å². The second kappa shape index (κ2) is 6.50. The molecule has 2 rings (SSSR count). The molecule has 0 radical (unpaired) electrons. The van der Waals surface area contributed by atoms with Crippen molar-refractivity contribution in [2.75, 3.05) is 10.8 Å². The Morgan fingerprint density at radius 2 is 1.82 bits per heavy atom. The predicted octanol–water partition coefficient (Wildman–Crippen LogP) is 3.36. The van der Waals surface area contributed by atoms with Crippen molar-refractivity contribution in [2.24, 2.45) is 0 Å². The fraction of sp³-hybridized carbons (Fsp3) is 0.133. The van der Waals surface area contributed by atoms with E-state index in [1.165, 1.54) is 16.4 Å². The van der Waals surface area contributed by atoms with E-state index in [9.17, 15) is 13.2 Å². The standard InChI is InChI=1S/C15H14BrNO4S/c1-2-17(11-6-4-3-5-7-11)22(20,21)12-8-9-14(16)13(10-12)15(18)19/h3-10H,2H2,1H3,(H,18,19). The molecule has 2 aromatic rings. The zero-order chi connectivity index (χ0) is 16.3. The monoisotopic (exact) mass is 383 g/mol. The van der Waals surface area contributed by atoms with E-state index in [0.29, 0.717) is 10.2 Å². The van der Waals surface area contributed by atoms with Gasteiger partial charge in [0.15, 0.2) is 0 Å². The zero-order valence-electron chi connectivity index (χ0n) is 11.7. The van der Waals surface area contributed by atoms with Crippen LogP contribution in [0.2, 0.25) is 0 Å². The molecule has 1 N–H and O–H groups in total. The normalized spacial score (nSPS) is 11.2. The van der Waals surface area contributed by atoms with E-state index >= 15 is 0 Å². The molecule has 0 fully saturated rings. The lowest BCUT2D eigenvalue weighted by atomic mass is 10.2. The van der Waals surface area contributed by atoms with Crippen molar-refractivity contribution in [1.82, 2.24) is 0 Å². The first-order chi connectivity index (χ1) is 10.4. The van der Waals surface area contributed by atoms with E-state index in [2.05, 4.69) is 15.9 Å². The van der Waals surface area contributed by atoms with Crippen LogP contribution in [0.3, 0.4) is 0 Å². The minimum absolute atomic E-state index is 0.0567. The van der Waals surface area contributed by atoms with Gasteiger partial charge in [0.2, 0.25) is 0 Å². The van der Waals surface area contributed by atoms with Crippen LogP contribution < -0.4 is 4.31 Å². The summed E-state index contributed by atoms with van der Waals surface area (Å²) in [5.74, 6) is -1.19. The summed E-state index contributed by atoms with van der Waals surface area (Å²) >= 11 is 3.11. The summed E-state index contributed by atoms with van der Waals surface area (Å²) in [7, 11) is -3.83. The van der Waals surface area contributed by atoms with Crippen molar-refractivity contribution >= 4 is 37.6 Å². The Kier molecular flexibility index (Phi) is 4.87. The largest absolute Gasteiger partial charge is 0.478 e. The maximum Gasteiger partial charge on any atom is 0.336 e. The van der Waals surface area contributed by atoms with Crippen LogP contribution in [0.25, 0.3) is 0 Å². The molecule has 0 spiro atoms. The summed E-state index contributed by atoms with van der Waals surface area (Å²) in [5, 5.41) is 9.13. The number of hydrogen-bond donors (Lipinski definition) is 1. The molecular weight excluding hydrogens is 370 g/mol. The second-order valence-corrected chi connectivity index (χ2v) is 7.17. The van der Waals surface area contributed by atoms with E-state index in [0.717, 1.165) is 6.07 Å². The molecule has 0 bridgehead atoms. The van der Waals surface area contributed by atoms with Gasteiger partial charge in [-0.15, -0.1) is 0 Å². The molecule has 0 amide bonds. The zero-order valence-corrected chi connectivity index (χ0v) is 14.1. The average molecular weight is 384 g/mol. The Labute approximate surface area is 137 Å². The van der Waals surface area contributed by atoms with E-state index in [1.54, 1.807) is 37.3 Å². The van der Waals surface area contributed by atoms with Gasteiger partial charge < -0.3 is 5.11 Å². The number of benzene rings is 2. The molecule has 0 atom stereocenters. The molecule has 0 saturated heterocycles. The van der Waals surface area contributed by atoms with Crippen LogP contribution in [0, 0.1) is 0 Å². The summed E-state index contributed by atoms with van der Waals surface area (Å²) < 4.78 is 27.1. The second-order valence-electron chi connectivity index (χ2n) is 4.45. The molecule has 22 heavy (non-hydrogen) atoms. The van der Waals surface area contributed by atoms with Gasteiger partial charge in [-0.05, 0) is 53.2 Å². The number of aromatic carboxylic acids is 1. The molecule has 5 nitrogen and oxygen atoms in total. The maximum absolute atomic E-state index is 12.8. The maximum atomic E-state index is 12.8. The number of carboxylic acid groups (broad SMARTS) is 1. The van der Waals surface area contributed by atoms with Crippen LogP contribution in [-0.2, 0) is 10.0 Å². The number of para-hydroxylation sites is 1. The first-order valence-corrected chi connectivity index (χ1v) is 8.72. The molecular formula is C15H14BrNO4S. The summed E-state index contributed by atoms with van der Waals surface area (Å²) in [6.07, 6.45) is 0. The smallest absolute Gasteiger partial charge is 0.336 e. The number of rotatable bonds is 5. The van der Waals surface area contributed by atoms with Crippen molar-refractivity contribution in [3.05, 3.63) is 58.6 Å². The van der Waals surface area contributed by atoms with Crippen molar-refractivity contribution in [3.8, 4) is 0 Å². The predicted molar refractivity (Wildman–Crippen MR) is 87.7 cm³/mol. The molecule has 0 aliphatic rings. The first-order valence-electron chi connectivity index (χ1n) is 6.48. The number of carbonyl (C=O) groups is 1. The number of halogens is 1. The van der Waals surface area contributed by atoms with Gasteiger partial charge in [-0.25, -0.2) is 13.2 Å². The van der Waals surface area contributed by atoms with Crippen LogP contribution in [0.4, 0.5) is 5.69 Å². The summed E-state index contributed by atoms with van der Waals surface area (Å²) in [5.41, 5.74) is 0.440. The van der Waals surface area contributed by atoms with Gasteiger partial charge in [0, 0.05) is 11.0 Å². The SMILES string of the molecule is CCN(c1ccccc1)S(=O)(=O)c1ccc(Br)c(C(=O)O)c1. The van der Waals surface area contributed by atoms with Gasteiger partial charge >= 0.3 is 5.97 Å². The van der Waals surface area contributed by atoms with Crippen LogP contribution in [-0.4, -0.2) is 26.0 Å². The summed E-state index contributed by atoms with van der Waals surface area (Å²) in [6, 6.07) is 12.7. The van der Waals surface area contributed by atoms with E-state index in [-0.39, 0.29) is 17.0 Å². The number of nitrogens with zero attached hydrogens (tertiary/aromatic N) is 1. The van der Waals surface area contributed by atoms with Crippen LogP contribution in [0.15, 0.2) is 57.9 Å². The molecule has 116 valence electrons. The van der Waals surface area contributed by atoms with E-state index in [4.69, 9.17) is 5.11 Å². The van der Waals surface area contributed by atoms with E-state index < -0.39 is 16.0 Å². The Hall–Kier alpha value is -1.86. The van der Waals surface area contributed by atoms with Gasteiger partial charge in [0.1, 0.15) is 0 Å². The molecule has 0 saturated carbocycles. The highest BCUT2D eigenvalue weighted by Gasteiger charge is 2.25. The number of sulfonamides is 1. The molecule has 7 heteroatoms. The Morgan fingerprint density at radius 1 is 1.18 bits per heavy atom. The minimum atomic E-state index is -3.83. The highest BCUT2D eigenvalue weighted by atomic mass is 79.9. The fourth-order valence-corrected chi connectivity index (χ4v) is 3.96. The Morgan fingerprint density at radius 3 is 2.36 bits per heavy atom. The lowest BCUT2D eigenvalue weighted by Gasteiger charge is -2.23. The highest BCUT2D eigenvalue weighted by molar-refractivity contribution is 9.10. The lowest BCUT2D eigenvalue weighted by molar-refractivity contribution is 0.0695. The fourth-order valence-electron chi connectivity index (χ4n) is 2.04. The molecule has 0 heterocycles.